The molecule has 21 heavy (non-hydrogen) atoms. The van der Waals surface area contributed by atoms with Gasteiger partial charge in [0.05, 0.1) is 11.5 Å². The van der Waals surface area contributed by atoms with E-state index < -0.39 is 10.0 Å². The summed E-state index contributed by atoms with van der Waals surface area (Å²) in [6.45, 7) is 3.55. The van der Waals surface area contributed by atoms with Gasteiger partial charge in [-0.1, -0.05) is 12.1 Å². The van der Waals surface area contributed by atoms with Crippen molar-refractivity contribution in [3.63, 3.8) is 0 Å². The summed E-state index contributed by atoms with van der Waals surface area (Å²) in [5.41, 5.74) is 6.45. The van der Waals surface area contributed by atoms with Crippen molar-refractivity contribution < 1.29 is 13.5 Å². The van der Waals surface area contributed by atoms with Gasteiger partial charge in [-0.05, 0) is 30.7 Å². The minimum Gasteiger partial charge on any atom is -0.395 e. The van der Waals surface area contributed by atoms with Crippen LogP contribution >= 0.6 is 0 Å². The molecule has 0 radical (unpaired) electrons. The Labute approximate surface area is 126 Å². The maximum atomic E-state index is 12.6. The van der Waals surface area contributed by atoms with E-state index in [-0.39, 0.29) is 6.61 Å². The third kappa shape index (κ3) is 4.02. The van der Waals surface area contributed by atoms with Crippen molar-refractivity contribution in [1.29, 1.82) is 0 Å². The third-order valence-electron chi connectivity index (χ3n) is 3.76. The average Bonchev–Trinajstić information content (AvgIpc) is 2.74. The number of sulfonamides is 1. The SMILES string of the molecule is NCc1ccc(S(=O)(=O)N2CCCN(CCO)CC2)cc1. The van der Waals surface area contributed by atoms with E-state index in [1.54, 1.807) is 24.3 Å². The summed E-state index contributed by atoms with van der Waals surface area (Å²) in [7, 11) is -3.45. The fraction of sp³-hybridized carbons (Fsp3) is 0.571. The lowest BCUT2D eigenvalue weighted by Crippen LogP contribution is -2.35. The number of nitrogens with zero attached hydrogens (tertiary/aromatic N) is 2. The first-order valence-corrected chi connectivity index (χ1v) is 8.64. The zero-order valence-electron chi connectivity index (χ0n) is 12.1. The first-order valence-electron chi connectivity index (χ1n) is 7.20. The molecule has 118 valence electrons. The highest BCUT2D eigenvalue weighted by Crippen LogP contribution is 2.18. The van der Waals surface area contributed by atoms with Gasteiger partial charge in [-0.15, -0.1) is 0 Å². The van der Waals surface area contributed by atoms with Crippen LogP contribution in [0.2, 0.25) is 0 Å². The molecule has 3 N–H and O–H groups in total. The number of benzene rings is 1. The molecule has 0 bridgehead atoms. The predicted octanol–water partition coefficient (Wildman–Crippen LogP) is -0.166. The fourth-order valence-corrected chi connectivity index (χ4v) is 3.97. The molecule has 0 saturated carbocycles. The molecule has 6 nitrogen and oxygen atoms in total. The molecular formula is C14H23N3O3S. The van der Waals surface area contributed by atoms with Crippen LogP contribution in [0.25, 0.3) is 0 Å². The fourth-order valence-electron chi connectivity index (χ4n) is 2.50. The van der Waals surface area contributed by atoms with Crippen molar-refractivity contribution in [2.75, 3.05) is 39.3 Å². The Morgan fingerprint density at radius 1 is 1.10 bits per heavy atom. The van der Waals surface area contributed by atoms with Gasteiger partial charge in [-0.3, -0.25) is 4.90 Å². The number of rotatable bonds is 5. The second-order valence-electron chi connectivity index (χ2n) is 5.17. The molecule has 0 atom stereocenters. The van der Waals surface area contributed by atoms with Gasteiger partial charge < -0.3 is 10.8 Å². The predicted molar refractivity (Wildman–Crippen MR) is 81.2 cm³/mol. The molecule has 0 unspecified atom stereocenters. The number of hydrogen-bond donors (Lipinski definition) is 2. The molecule has 1 aromatic rings. The standard InChI is InChI=1S/C14H23N3O3S/c15-12-13-2-4-14(5-3-13)21(19,20)17-7-1-6-16(8-9-17)10-11-18/h2-5,18H,1,6-12,15H2. The van der Waals surface area contributed by atoms with E-state index in [0.717, 1.165) is 18.5 Å². The Hall–Kier alpha value is -0.990. The molecule has 0 aliphatic carbocycles. The third-order valence-corrected chi connectivity index (χ3v) is 5.67. The molecule has 7 heteroatoms. The van der Waals surface area contributed by atoms with Crippen LogP contribution in [0.4, 0.5) is 0 Å². The molecule has 0 aromatic heterocycles. The van der Waals surface area contributed by atoms with Gasteiger partial charge in [0.25, 0.3) is 0 Å². The van der Waals surface area contributed by atoms with Gasteiger partial charge in [0, 0.05) is 32.7 Å². The summed E-state index contributed by atoms with van der Waals surface area (Å²) in [5, 5.41) is 8.98. The molecule has 2 rings (SSSR count). The molecule has 1 heterocycles. The minimum atomic E-state index is -3.45. The topological polar surface area (TPSA) is 86.9 Å². The van der Waals surface area contributed by atoms with Crippen molar-refractivity contribution in [3.8, 4) is 0 Å². The highest BCUT2D eigenvalue weighted by molar-refractivity contribution is 7.89. The van der Waals surface area contributed by atoms with Gasteiger partial charge in [-0.2, -0.15) is 4.31 Å². The van der Waals surface area contributed by atoms with Crippen molar-refractivity contribution in [3.05, 3.63) is 29.8 Å². The van der Waals surface area contributed by atoms with Crippen LogP contribution in [0.3, 0.4) is 0 Å². The molecule has 1 aliphatic rings. The van der Waals surface area contributed by atoms with Crippen LogP contribution in [0.15, 0.2) is 29.2 Å². The molecule has 1 aliphatic heterocycles. The Kier molecular flexibility index (Phi) is 5.72. The summed E-state index contributed by atoms with van der Waals surface area (Å²) < 4.78 is 26.8. The molecule has 1 aromatic carbocycles. The summed E-state index contributed by atoms with van der Waals surface area (Å²) in [5.74, 6) is 0. The normalized spacial score (nSPS) is 18.6. The van der Waals surface area contributed by atoms with Crippen LogP contribution in [0.1, 0.15) is 12.0 Å². The number of nitrogens with two attached hydrogens (primary N) is 1. The van der Waals surface area contributed by atoms with Crippen molar-refractivity contribution in [1.82, 2.24) is 9.21 Å². The minimum absolute atomic E-state index is 0.104. The zero-order chi connectivity index (χ0) is 15.3. The van der Waals surface area contributed by atoms with Gasteiger partial charge in [-0.25, -0.2) is 8.42 Å². The molecule has 0 spiro atoms. The lowest BCUT2D eigenvalue weighted by Gasteiger charge is -2.21. The van der Waals surface area contributed by atoms with E-state index in [1.165, 1.54) is 4.31 Å². The highest BCUT2D eigenvalue weighted by Gasteiger charge is 2.26. The number of aliphatic hydroxyl groups is 1. The Bertz CT molecular complexity index is 545. The Morgan fingerprint density at radius 2 is 1.81 bits per heavy atom. The maximum Gasteiger partial charge on any atom is 0.243 e. The van der Waals surface area contributed by atoms with E-state index in [9.17, 15) is 8.42 Å². The van der Waals surface area contributed by atoms with E-state index in [1.807, 2.05) is 0 Å². The van der Waals surface area contributed by atoms with Gasteiger partial charge >= 0.3 is 0 Å². The van der Waals surface area contributed by atoms with E-state index >= 15 is 0 Å². The van der Waals surface area contributed by atoms with E-state index in [0.29, 0.717) is 37.6 Å². The van der Waals surface area contributed by atoms with Gasteiger partial charge in [0.1, 0.15) is 0 Å². The average molecular weight is 313 g/mol. The quantitative estimate of drug-likeness (QED) is 0.788. The monoisotopic (exact) mass is 313 g/mol. The van der Waals surface area contributed by atoms with Crippen LogP contribution in [0, 0.1) is 0 Å². The lowest BCUT2D eigenvalue weighted by atomic mass is 10.2. The summed E-state index contributed by atoms with van der Waals surface area (Å²) in [4.78, 5) is 2.41. The lowest BCUT2D eigenvalue weighted by molar-refractivity contribution is 0.202. The zero-order valence-corrected chi connectivity index (χ0v) is 12.9. The summed E-state index contributed by atoms with van der Waals surface area (Å²) in [6, 6.07) is 6.74. The Balaban J connectivity index is 2.11. The highest BCUT2D eigenvalue weighted by atomic mass is 32.2. The van der Waals surface area contributed by atoms with Gasteiger partial charge in [0.15, 0.2) is 0 Å². The first-order chi connectivity index (χ1) is 10.1. The number of β-amino-alcohol motifs (C(OH)–C–C–N with tert-alkyl or cyclic N) is 1. The molecular weight excluding hydrogens is 290 g/mol. The van der Waals surface area contributed by atoms with Crippen LogP contribution in [-0.4, -0.2) is 62.1 Å². The maximum absolute atomic E-state index is 12.6. The molecule has 0 amide bonds. The van der Waals surface area contributed by atoms with Crippen molar-refractivity contribution >= 4 is 10.0 Å². The van der Waals surface area contributed by atoms with E-state index in [4.69, 9.17) is 10.8 Å². The van der Waals surface area contributed by atoms with Crippen molar-refractivity contribution in [2.24, 2.45) is 5.73 Å². The Morgan fingerprint density at radius 3 is 2.43 bits per heavy atom. The van der Waals surface area contributed by atoms with E-state index in [2.05, 4.69) is 4.90 Å². The molecule has 1 saturated heterocycles. The van der Waals surface area contributed by atoms with Crippen LogP contribution < -0.4 is 5.73 Å². The summed E-state index contributed by atoms with van der Waals surface area (Å²) >= 11 is 0. The van der Waals surface area contributed by atoms with Crippen molar-refractivity contribution in [2.45, 2.75) is 17.9 Å². The number of hydrogen-bond acceptors (Lipinski definition) is 5. The summed E-state index contributed by atoms with van der Waals surface area (Å²) in [6.07, 6.45) is 0.778. The second-order valence-corrected chi connectivity index (χ2v) is 7.11. The smallest absolute Gasteiger partial charge is 0.243 e. The first kappa shape index (κ1) is 16.4. The molecule has 1 fully saturated rings. The second kappa shape index (κ2) is 7.33. The van der Waals surface area contributed by atoms with Crippen LogP contribution in [-0.2, 0) is 16.6 Å². The van der Waals surface area contributed by atoms with Gasteiger partial charge in [0.2, 0.25) is 10.0 Å². The van der Waals surface area contributed by atoms with Crippen LogP contribution in [0.5, 0.6) is 0 Å². The largest absolute Gasteiger partial charge is 0.395 e. The number of aliphatic hydroxyl groups excluding tert-OH is 1.